The molecule has 0 aromatic heterocycles. The maximum absolute atomic E-state index is 12.5. The van der Waals surface area contributed by atoms with Crippen LogP contribution >= 0.6 is 0 Å². The van der Waals surface area contributed by atoms with Gasteiger partial charge in [0.25, 0.3) is 15.7 Å². The molecule has 0 aliphatic heterocycles. The van der Waals surface area contributed by atoms with Gasteiger partial charge in [0.2, 0.25) is 0 Å². The molecular formula is C15H16N2O4S. The summed E-state index contributed by atoms with van der Waals surface area (Å²) < 4.78 is 27.5. The van der Waals surface area contributed by atoms with Gasteiger partial charge in [-0.15, -0.1) is 0 Å². The Hall–Kier alpha value is -2.41. The summed E-state index contributed by atoms with van der Waals surface area (Å²) in [5.41, 5.74) is 2.50. The summed E-state index contributed by atoms with van der Waals surface area (Å²) in [6.45, 7) is 5.38. The number of benzene rings is 2. The van der Waals surface area contributed by atoms with Crippen molar-refractivity contribution < 1.29 is 13.3 Å². The Bertz CT molecular complexity index is 804. The van der Waals surface area contributed by atoms with Gasteiger partial charge in [-0.2, -0.15) is 0 Å². The van der Waals surface area contributed by atoms with Crippen LogP contribution in [-0.2, 0) is 10.0 Å². The molecule has 1 N–H and O–H groups in total. The summed E-state index contributed by atoms with van der Waals surface area (Å²) in [6.07, 6.45) is 0. The monoisotopic (exact) mass is 320 g/mol. The summed E-state index contributed by atoms with van der Waals surface area (Å²) in [7, 11) is -3.74. The predicted octanol–water partition coefficient (Wildman–Crippen LogP) is 3.32. The first-order valence-corrected chi connectivity index (χ1v) is 8.04. The van der Waals surface area contributed by atoms with Crippen molar-refractivity contribution in [3.05, 3.63) is 63.2 Å². The fourth-order valence-electron chi connectivity index (χ4n) is 2.45. The van der Waals surface area contributed by atoms with E-state index in [4.69, 9.17) is 0 Å². The number of nitro groups is 1. The van der Waals surface area contributed by atoms with Gasteiger partial charge < -0.3 is 0 Å². The van der Waals surface area contributed by atoms with E-state index in [9.17, 15) is 18.5 Å². The van der Waals surface area contributed by atoms with Crippen LogP contribution < -0.4 is 4.72 Å². The van der Waals surface area contributed by atoms with Gasteiger partial charge in [0.15, 0.2) is 0 Å². The topological polar surface area (TPSA) is 89.3 Å². The maximum atomic E-state index is 12.5. The molecule has 0 fully saturated rings. The molecule has 0 spiro atoms. The van der Waals surface area contributed by atoms with Crippen LogP contribution in [0.25, 0.3) is 0 Å². The third-order valence-electron chi connectivity index (χ3n) is 3.20. The predicted molar refractivity (Wildman–Crippen MR) is 84.6 cm³/mol. The number of nitro benzene ring substituents is 1. The standard InChI is InChI=1S/C15H16N2O4S/c1-10-8-11(2)15(12(3)9-10)22(20,21)16-13-4-6-14(7-5-13)17(18)19/h4-9,16H,1-3H3. The minimum Gasteiger partial charge on any atom is -0.280 e. The number of hydrogen-bond acceptors (Lipinski definition) is 4. The number of sulfonamides is 1. The lowest BCUT2D eigenvalue weighted by molar-refractivity contribution is -0.384. The van der Waals surface area contributed by atoms with E-state index in [2.05, 4.69) is 4.72 Å². The van der Waals surface area contributed by atoms with Crippen LogP contribution in [0.1, 0.15) is 16.7 Å². The number of anilines is 1. The molecule has 0 radical (unpaired) electrons. The van der Waals surface area contributed by atoms with E-state index in [-0.39, 0.29) is 16.3 Å². The van der Waals surface area contributed by atoms with Gasteiger partial charge >= 0.3 is 0 Å². The molecule has 0 unspecified atom stereocenters. The van der Waals surface area contributed by atoms with Crippen LogP contribution in [0.4, 0.5) is 11.4 Å². The molecule has 116 valence electrons. The van der Waals surface area contributed by atoms with Crippen molar-refractivity contribution >= 4 is 21.4 Å². The second-order valence-electron chi connectivity index (χ2n) is 5.14. The fourth-order valence-corrected chi connectivity index (χ4v) is 3.96. The van der Waals surface area contributed by atoms with Crippen molar-refractivity contribution in [3.8, 4) is 0 Å². The number of non-ortho nitro benzene ring substituents is 1. The minimum absolute atomic E-state index is 0.0920. The molecule has 0 heterocycles. The molecule has 0 saturated heterocycles. The molecule has 22 heavy (non-hydrogen) atoms. The molecule has 7 heteroatoms. The molecule has 6 nitrogen and oxygen atoms in total. The third-order valence-corrected chi connectivity index (χ3v) is 4.89. The van der Waals surface area contributed by atoms with Crippen molar-refractivity contribution in [2.45, 2.75) is 25.7 Å². The Kier molecular flexibility index (Phi) is 4.18. The maximum Gasteiger partial charge on any atom is 0.269 e. The highest BCUT2D eigenvalue weighted by Crippen LogP contribution is 2.25. The number of nitrogens with zero attached hydrogens (tertiary/aromatic N) is 1. The first kappa shape index (κ1) is 16.0. The highest BCUT2D eigenvalue weighted by atomic mass is 32.2. The van der Waals surface area contributed by atoms with Crippen molar-refractivity contribution in [2.24, 2.45) is 0 Å². The molecule has 0 bridgehead atoms. The van der Waals surface area contributed by atoms with Crippen molar-refractivity contribution in [3.63, 3.8) is 0 Å². The average molecular weight is 320 g/mol. The zero-order chi connectivity index (χ0) is 16.5. The molecular weight excluding hydrogens is 304 g/mol. The lowest BCUT2D eigenvalue weighted by atomic mass is 10.1. The second kappa shape index (κ2) is 5.76. The quantitative estimate of drug-likeness (QED) is 0.691. The Morgan fingerprint density at radius 1 is 1.00 bits per heavy atom. The van der Waals surface area contributed by atoms with Crippen molar-refractivity contribution in [1.82, 2.24) is 0 Å². The average Bonchev–Trinajstić information content (AvgIpc) is 2.36. The van der Waals surface area contributed by atoms with Gasteiger partial charge in [-0.1, -0.05) is 17.7 Å². The number of aryl methyl sites for hydroxylation is 3. The van der Waals surface area contributed by atoms with E-state index in [0.717, 1.165) is 5.56 Å². The smallest absolute Gasteiger partial charge is 0.269 e. The van der Waals surface area contributed by atoms with Crippen molar-refractivity contribution in [2.75, 3.05) is 4.72 Å². The van der Waals surface area contributed by atoms with Crippen LogP contribution in [0, 0.1) is 30.9 Å². The molecule has 2 aromatic rings. The minimum atomic E-state index is -3.74. The van der Waals surface area contributed by atoms with E-state index in [1.54, 1.807) is 26.0 Å². The molecule has 0 atom stereocenters. The van der Waals surface area contributed by atoms with E-state index < -0.39 is 14.9 Å². The summed E-state index contributed by atoms with van der Waals surface area (Å²) in [4.78, 5) is 10.3. The van der Waals surface area contributed by atoms with Crippen molar-refractivity contribution in [1.29, 1.82) is 0 Å². The molecule has 0 amide bonds. The zero-order valence-corrected chi connectivity index (χ0v) is 13.3. The molecule has 0 saturated carbocycles. The Morgan fingerprint density at radius 2 is 1.50 bits per heavy atom. The number of nitrogens with one attached hydrogen (secondary N) is 1. The highest BCUT2D eigenvalue weighted by Gasteiger charge is 2.20. The Morgan fingerprint density at radius 3 is 1.95 bits per heavy atom. The van der Waals surface area contributed by atoms with E-state index in [1.807, 2.05) is 6.92 Å². The third kappa shape index (κ3) is 3.25. The van der Waals surface area contributed by atoms with Gasteiger partial charge in [-0.3, -0.25) is 14.8 Å². The van der Waals surface area contributed by atoms with Gasteiger partial charge in [0, 0.05) is 17.8 Å². The highest BCUT2D eigenvalue weighted by molar-refractivity contribution is 7.92. The molecule has 0 aliphatic rings. The number of hydrogen-bond donors (Lipinski definition) is 1. The Labute approximate surface area is 129 Å². The van der Waals surface area contributed by atoms with Crippen LogP contribution in [0.2, 0.25) is 0 Å². The van der Waals surface area contributed by atoms with Crippen LogP contribution in [0.15, 0.2) is 41.3 Å². The second-order valence-corrected chi connectivity index (χ2v) is 6.76. The SMILES string of the molecule is Cc1cc(C)c(S(=O)(=O)Nc2ccc([N+](=O)[O-])cc2)c(C)c1. The largest absolute Gasteiger partial charge is 0.280 e. The fraction of sp³-hybridized carbons (Fsp3) is 0.200. The summed E-state index contributed by atoms with van der Waals surface area (Å²) in [5.74, 6) is 0. The van der Waals surface area contributed by atoms with Gasteiger partial charge in [0.1, 0.15) is 0 Å². The first-order valence-electron chi connectivity index (χ1n) is 6.56. The van der Waals surface area contributed by atoms with E-state index in [0.29, 0.717) is 11.1 Å². The van der Waals surface area contributed by atoms with E-state index in [1.165, 1.54) is 24.3 Å². The summed E-state index contributed by atoms with van der Waals surface area (Å²) >= 11 is 0. The van der Waals surface area contributed by atoms with Gasteiger partial charge in [-0.25, -0.2) is 8.42 Å². The van der Waals surface area contributed by atoms with Crippen LogP contribution in [0.5, 0.6) is 0 Å². The van der Waals surface area contributed by atoms with Crippen LogP contribution in [-0.4, -0.2) is 13.3 Å². The molecule has 2 aromatic carbocycles. The lowest BCUT2D eigenvalue weighted by Crippen LogP contribution is -2.15. The van der Waals surface area contributed by atoms with E-state index >= 15 is 0 Å². The summed E-state index contributed by atoms with van der Waals surface area (Å²) in [6, 6.07) is 8.86. The van der Waals surface area contributed by atoms with Gasteiger partial charge in [0.05, 0.1) is 9.82 Å². The van der Waals surface area contributed by atoms with Gasteiger partial charge in [-0.05, 0) is 44.0 Å². The normalized spacial score (nSPS) is 11.2. The zero-order valence-electron chi connectivity index (χ0n) is 12.5. The van der Waals surface area contributed by atoms with Crippen LogP contribution in [0.3, 0.4) is 0 Å². The number of rotatable bonds is 4. The first-order chi connectivity index (χ1) is 10.2. The lowest BCUT2D eigenvalue weighted by Gasteiger charge is -2.13. The molecule has 2 rings (SSSR count). The Balaban J connectivity index is 2.38. The summed E-state index contributed by atoms with van der Waals surface area (Å²) in [5, 5.41) is 10.6. The molecule has 0 aliphatic carbocycles.